The molecule has 1 aliphatic rings. The minimum Gasteiger partial charge on any atom is -0.349 e. The predicted octanol–water partition coefficient (Wildman–Crippen LogP) is 3.11. The molecule has 1 fully saturated rings. The summed E-state index contributed by atoms with van der Waals surface area (Å²) in [6.07, 6.45) is 3.42. The van der Waals surface area contributed by atoms with Crippen LogP contribution in [0.1, 0.15) is 49.0 Å². The van der Waals surface area contributed by atoms with Crippen LogP contribution in [0.3, 0.4) is 0 Å². The monoisotopic (exact) mass is 256 g/mol. The van der Waals surface area contributed by atoms with Crippen LogP contribution in [0.15, 0.2) is 24.3 Å². The number of nitrogens with zero attached hydrogens (tertiary/aromatic N) is 1. The molecule has 1 saturated carbocycles. The van der Waals surface area contributed by atoms with Crippen LogP contribution in [0.2, 0.25) is 0 Å². The molecule has 1 aliphatic carbocycles. The molecule has 0 aliphatic heterocycles. The van der Waals surface area contributed by atoms with Crippen molar-refractivity contribution in [3.63, 3.8) is 0 Å². The minimum atomic E-state index is -0.0316. The normalized spacial score (nSPS) is 26.5. The first-order chi connectivity index (χ1) is 9.10. The lowest BCUT2D eigenvalue weighted by molar-refractivity contribution is 0.0899. The van der Waals surface area contributed by atoms with Crippen LogP contribution < -0.4 is 5.32 Å². The second-order valence-corrected chi connectivity index (χ2v) is 5.66. The first-order valence-electron chi connectivity index (χ1n) is 6.91. The Morgan fingerprint density at radius 1 is 1.26 bits per heavy atom. The highest BCUT2D eigenvalue weighted by molar-refractivity contribution is 5.94. The maximum absolute atomic E-state index is 12.1. The van der Waals surface area contributed by atoms with Gasteiger partial charge < -0.3 is 5.32 Å². The van der Waals surface area contributed by atoms with E-state index in [2.05, 4.69) is 25.2 Å². The van der Waals surface area contributed by atoms with E-state index in [1.54, 1.807) is 24.3 Å². The summed E-state index contributed by atoms with van der Waals surface area (Å²) in [6, 6.07) is 9.12. The second-order valence-electron chi connectivity index (χ2n) is 5.66. The van der Waals surface area contributed by atoms with E-state index in [0.29, 0.717) is 17.0 Å². The van der Waals surface area contributed by atoms with Gasteiger partial charge in [-0.15, -0.1) is 0 Å². The van der Waals surface area contributed by atoms with Crippen molar-refractivity contribution in [1.82, 2.24) is 5.32 Å². The molecule has 0 radical (unpaired) electrons. The van der Waals surface area contributed by atoms with E-state index in [-0.39, 0.29) is 11.9 Å². The summed E-state index contributed by atoms with van der Waals surface area (Å²) in [5, 5.41) is 11.9. The molecular weight excluding hydrogens is 236 g/mol. The molecule has 1 N–H and O–H groups in total. The van der Waals surface area contributed by atoms with E-state index in [1.807, 2.05) is 0 Å². The lowest BCUT2D eigenvalue weighted by Crippen LogP contribution is -2.42. The topological polar surface area (TPSA) is 52.9 Å². The summed E-state index contributed by atoms with van der Waals surface area (Å²) in [5.74, 6) is 1.26. The zero-order chi connectivity index (χ0) is 13.8. The molecule has 3 unspecified atom stereocenters. The van der Waals surface area contributed by atoms with Crippen LogP contribution in [-0.2, 0) is 0 Å². The Labute approximate surface area is 114 Å². The average Bonchev–Trinajstić information content (AvgIpc) is 2.42. The van der Waals surface area contributed by atoms with E-state index >= 15 is 0 Å². The lowest BCUT2D eigenvalue weighted by Gasteiger charge is -2.33. The van der Waals surface area contributed by atoms with E-state index < -0.39 is 0 Å². The fraction of sp³-hybridized carbons (Fsp3) is 0.500. The summed E-state index contributed by atoms with van der Waals surface area (Å²) in [7, 11) is 0. The first-order valence-corrected chi connectivity index (χ1v) is 6.91. The zero-order valence-corrected chi connectivity index (χ0v) is 11.5. The van der Waals surface area contributed by atoms with Gasteiger partial charge in [-0.1, -0.05) is 13.8 Å². The molecule has 3 nitrogen and oxygen atoms in total. The van der Waals surface area contributed by atoms with Crippen molar-refractivity contribution >= 4 is 5.91 Å². The molecule has 0 bridgehead atoms. The van der Waals surface area contributed by atoms with Gasteiger partial charge >= 0.3 is 0 Å². The summed E-state index contributed by atoms with van der Waals surface area (Å²) >= 11 is 0. The third-order valence-corrected chi connectivity index (χ3v) is 4.02. The summed E-state index contributed by atoms with van der Waals surface area (Å²) < 4.78 is 0. The lowest BCUT2D eigenvalue weighted by atomic mass is 9.80. The Morgan fingerprint density at radius 2 is 1.95 bits per heavy atom. The number of nitriles is 1. The van der Waals surface area contributed by atoms with Gasteiger partial charge in [0.15, 0.2) is 0 Å². The summed E-state index contributed by atoms with van der Waals surface area (Å²) in [5.41, 5.74) is 1.21. The van der Waals surface area contributed by atoms with E-state index in [9.17, 15) is 4.79 Å². The highest BCUT2D eigenvalue weighted by atomic mass is 16.1. The number of carbonyl (C=O) groups excluding carboxylic acids is 1. The van der Waals surface area contributed by atoms with Gasteiger partial charge in [0.1, 0.15) is 0 Å². The molecule has 3 heteroatoms. The van der Waals surface area contributed by atoms with Gasteiger partial charge in [-0.2, -0.15) is 5.26 Å². The Bertz CT molecular complexity index is 486. The van der Waals surface area contributed by atoms with Gasteiger partial charge in [-0.3, -0.25) is 4.79 Å². The maximum atomic E-state index is 12.1. The second kappa shape index (κ2) is 5.88. The highest BCUT2D eigenvalue weighted by Gasteiger charge is 2.26. The van der Waals surface area contributed by atoms with E-state index in [0.717, 1.165) is 12.3 Å². The molecule has 0 heterocycles. The largest absolute Gasteiger partial charge is 0.349 e. The summed E-state index contributed by atoms with van der Waals surface area (Å²) in [4.78, 5) is 12.1. The number of nitrogens with one attached hydrogen (secondary N) is 1. The van der Waals surface area contributed by atoms with Gasteiger partial charge in [0.2, 0.25) is 0 Å². The SMILES string of the molecule is CC1CCC(NC(=O)c2ccc(C#N)cc2)C(C)C1. The first kappa shape index (κ1) is 13.6. The molecule has 100 valence electrons. The van der Waals surface area contributed by atoms with Crippen LogP contribution in [0.4, 0.5) is 0 Å². The van der Waals surface area contributed by atoms with Crippen molar-refractivity contribution in [1.29, 1.82) is 5.26 Å². The number of carbonyl (C=O) groups is 1. The Morgan fingerprint density at radius 3 is 2.53 bits per heavy atom. The Hall–Kier alpha value is -1.82. The fourth-order valence-corrected chi connectivity index (χ4v) is 2.83. The average molecular weight is 256 g/mol. The van der Waals surface area contributed by atoms with Crippen molar-refractivity contribution in [2.24, 2.45) is 11.8 Å². The van der Waals surface area contributed by atoms with Crippen molar-refractivity contribution in [3.8, 4) is 6.07 Å². The Balaban J connectivity index is 1.98. The van der Waals surface area contributed by atoms with Crippen molar-refractivity contribution < 1.29 is 4.79 Å². The van der Waals surface area contributed by atoms with Crippen molar-refractivity contribution in [2.75, 3.05) is 0 Å². The number of amides is 1. The zero-order valence-electron chi connectivity index (χ0n) is 11.5. The molecule has 1 aromatic carbocycles. The molecule has 3 atom stereocenters. The van der Waals surface area contributed by atoms with Crippen LogP contribution in [0.25, 0.3) is 0 Å². The maximum Gasteiger partial charge on any atom is 0.251 e. The van der Waals surface area contributed by atoms with Crippen LogP contribution in [0, 0.1) is 23.2 Å². The number of hydrogen-bond acceptors (Lipinski definition) is 2. The van der Waals surface area contributed by atoms with Gasteiger partial charge in [0, 0.05) is 11.6 Å². The van der Waals surface area contributed by atoms with Gasteiger partial charge in [0.05, 0.1) is 11.6 Å². The number of hydrogen-bond donors (Lipinski definition) is 1. The predicted molar refractivity (Wildman–Crippen MR) is 74.6 cm³/mol. The number of rotatable bonds is 2. The quantitative estimate of drug-likeness (QED) is 0.884. The van der Waals surface area contributed by atoms with Crippen molar-refractivity contribution in [2.45, 2.75) is 39.2 Å². The molecule has 0 spiro atoms. The molecule has 2 rings (SSSR count). The standard InChI is InChI=1S/C16H20N2O/c1-11-3-8-15(12(2)9-11)18-16(19)14-6-4-13(10-17)5-7-14/h4-7,11-12,15H,3,8-9H2,1-2H3,(H,18,19). The molecule has 1 aromatic rings. The summed E-state index contributed by atoms with van der Waals surface area (Å²) in [6.45, 7) is 4.48. The Kier molecular flexibility index (Phi) is 4.21. The van der Waals surface area contributed by atoms with Crippen LogP contribution in [0.5, 0.6) is 0 Å². The van der Waals surface area contributed by atoms with E-state index in [1.165, 1.54) is 12.8 Å². The van der Waals surface area contributed by atoms with Gasteiger partial charge in [-0.05, 0) is 55.4 Å². The third kappa shape index (κ3) is 3.35. The van der Waals surface area contributed by atoms with E-state index in [4.69, 9.17) is 5.26 Å². The van der Waals surface area contributed by atoms with Crippen LogP contribution in [-0.4, -0.2) is 11.9 Å². The van der Waals surface area contributed by atoms with Gasteiger partial charge in [-0.25, -0.2) is 0 Å². The number of benzene rings is 1. The molecular formula is C16H20N2O. The smallest absolute Gasteiger partial charge is 0.251 e. The third-order valence-electron chi connectivity index (χ3n) is 4.02. The molecule has 0 saturated heterocycles. The molecule has 0 aromatic heterocycles. The minimum absolute atomic E-state index is 0.0316. The van der Waals surface area contributed by atoms with Crippen LogP contribution >= 0.6 is 0 Å². The van der Waals surface area contributed by atoms with Gasteiger partial charge in [0.25, 0.3) is 5.91 Å². The molecule has 1 amide bonds. The fourth-order valence-electron chi connectivity index (χ4n) is 2.83. The highest BCUT2D eigenvalue weighted by Crippen LogP contribution is 2.28. The molecule has 19 heavy (non-hydrogen) atoms. The van der Waals surface area contributed by atoms with Crippen molar-refractivity contribution in [3.05, 3.63) is 35.4 Å².